The molecule has 0 unspecified atom stereocenters. The average molecular weight is 251 g/mol. The SMILES string of the molecule is Cc1ccc(NC2CC(c3ccccc3)C2)cc1C. The van der Waals surface area contributed by atoms with Gasteiger partial charge in [0.15, 0.2) is 0 Å². The van der Waals surface area contributed by atoms with E-state index in [1.54, 1.807) is 0 Å². The van der Waals surface area contributed by atoms with E-state index < -0.39 is 0 Å². The minimum Gasteiger partial charge on any atom is -0.382 e. The van der Waals surface area contributed by atoms with Gasteiger partial charge in [-0.05, 0) is 61.4 Å². The Bertz CT molecular complexity index is 553. The Morgan fingerprint density at radius 2 is 1.63 bits per heavy atom. The first kappa shape index (κ1) is 12.3. The quantitative estimate of drug-likeness (QED) is 0.836. The largest absolute Gasteiger partial charge is 0.382 e. The second kappa shape index (κ2) is 5.08. The van der Waals surface area contributed by atoms with Crippen molar-refractivity contribution in [2.24, 2.45) is 0 Å². The first-order chi connectivity index (χ1) is 9.22. The molecule has 1 aliphatic rings. The standard InChI is InChI=1S/C18H21N/c1-13-8-9-17(10-14(13)2)19-18-11-16(12-18)15-6-4-3-5-7-15/h3-10,16,18-19H,11-12H2,1-2H3. The molecule has 0 aromatic heterocycles. The Hall–Kier alpha value is -1.76. The molecule has 98 valence electrons. The third-order valence-corrected chi connectivity index (χ3v) is 4.29. The summed E-state index contributed by atoms with van der Waals surface area (Å²) in [6.07, 6.45) is 2.49. The van der Waals surface area contributed by atoms with Crippen molar-refractivity contribution in [2.45, 2.75) is 38.6 Å². The predicted octanol–water partition coefficient (Wildman–Crippen LogP) is 4.66. The van der Waals surface area contributed by atoms with E-state index in [1.807, 2.05) is 0 Å². The zero-order chi connectivity index (χ0) is 13.2. The van der Waals surface area contributed by atoms with Gasteiger partial charge in [0.05, 0.1) is 0 Å². The van der Waals surface area contributed by atoms with Crippen LogP contribution in [0.25, 0.3) is 0 Å². The third kappa shape index (κ3) is 2.65. The Morgan fingerprint density at radius 3 is 2.32 bits per heavy atom. The van der Waals surface area contributed by atoms with Crippen LogP contribution in [0.5, 0.6) is 0 Å². The molecular weight excluding hydrogens is 230 g/mol. The van der Waals surface area contributed by atoms with E-state index >= 15 is 0 Å². The smallest absolute Gasteiger partial charge is 0.0345 e. The van der Waals surface area contributed by atoms with Gasteiger partial charge >= 0.3 is 0 Å². The zero-order valence-corrected chi connectivity index (χ0v) is 11.7. The molecule has 3 rings (SSSR count). The second-order valence-electron chi connectivity index (χ2n) is 5.72. The topological polar surface area (TPSA) is 12.0 Å². The van der Waals surface area contributed by atoms with Crippen molar-refractivity contribution in [1.82, 2.24) is 0 Å². The van der Waals surface area contributed by atoms with Gasteiger partial charge in [-0.25, -0.2) is 0 Å². The fraction of sp³-hybridized carbons (Fsp3) is 0.333. The highest BCUT2D eigenvalue weighted by atomic mass is 14.9. The molecule has 0 atom stereocenters. The molecule has 2 aromatic carbocycles. The zero-order valence-electron chi connectivity index (χ0n) is 11.7. The molecule has 0 radical (unpaired) electrons. The van der Waals surface area contributed by atoms with E-state index in [1.165, 1.54) is 35.2 Å². The lowest BCUT2D eigenvalue weighted by molar-refractivity contribution is 0.374. The molecule has 1 N–H and O–H groups in total. The van der Waals surface area contributed by atoms with Crippen LogP contribution < -0.4 is 5.32 Å². The minimum absolute atomic E-state index is 0.632. The van der Waals surface area contributed by atoms with Gasteiger partial charge in [-0.3, -0.25) is 0 Å². The average Bonchev–Trinajstić information content (AvgIpc) is 2.38. The van der Waals surface area contributed by atoms with E-state index in [0.717, 1.165) is 5.92 Å². The Kier molecular flexibility index (Phi) is 3.29. The van der Waals surface area contributed by atoms with E-state index in [-0.39, 0.29) is 0 Å². The van der Waals surface area contributed by atoms with Crippen LogP contribution in [0.4, 0.5) is 5.69 Å². The molecule has 2 aromatic rings. The van der Waals surface area contributed by atoms with Crippen molar-refractivity contribution in [1.29, 1.82) is 0 Å². The molecule has 1 saturated carbocycles. The normalized spacial score (nSPS) is 21.8. The lowest BCUT2D eigenvalue weighted by atomic mass is 9.76. The maximum Gasteiger partial charge on any atom is 0.0345 e. The summed E-state index contributed by atoms with van der Waals surface area (Å²) in [6.45, 7) is 4.34. The summed E-state index contributed by atoms with van der Waals surface area (Å²) < 4.78 is 0. The Morgan fingerprint density at radius 1 is 0.895 bits per heavy atom. The van der Waals surface area contributed by atoms with Crippen LogP contribution in [-0.4, -0.2) is 6.04 Å². The molecule has 0 aliphatic heterocycles. The van der Waals surface area contributed by atoms with Crippen molar-refractivity contribution in [3.05, 3.63) is 65.2 Å². The summed E-state index contributed by atoms with van der Waals surface area (Å²) in [5.74, 6) is 0.741. The van der Waals surface area contributed by atoms with Crippen LogP contribution in [0, 0.1) is 13.8 Å². The van der Waals surface area contributed by atoms with Crippen molar-refractivity contribution in [3.8, 4) is 0 Å². The molecule has 0 heterocycles. The molecule has 1 aliphatic carbocycles. The number of benzene rings is 2. The van der Waals surface area contributed by atoms with Crippen molar-refractivity contribution >= 4 is 5.69 Å². The van der Waals surface area contributed by atoms with Crippen LogP contribution >= 0.6 is 0 Å². The van der Waals surface area contributed by atoms with Crippen molar-refractivity contribution < 1.29 is 0 Å². The van der Waals surface area contributed by atoms with Gasteiger partial charge in [0.25, 0.3) is 0 Å². The van der Waals surface area contributed by atoms with E-state index in [9.17, 15) is 0 Å². The number of aryl methyl sites for hydroxylation is 2. The van der Waals surface area contributed by atoms with Gasteiger partial charge in [-0.2, -0.15) is 0 Å². The first-order valence-electron chi connectivity index (χ1n) is 7.11. The van der Waals surface area contributed by atoms with Gasteiger partial charge in [0, 0.05) is 11.7 Å². The molecule has 0 bridgehead atoms. The maximum absolute atomic E-state index is 3.65. The van der Waals surface area contributed by atoms with Crippen LogP contribution in [0.1, 0.15) is 35.4 Å². The van der Waals surface area contributed by atoms with E-state index in [2.05, 4.69) is 67.7 Å². The van der Waals surface area contributed by atoms with Gasteiger partial charge in [0.1, 0.15) is 0 Å². The number of rotatable bonds is 3. The second-order valence-corrected chi connectivity index (χ2v) is 5.72. The summed E-state index contributed by atoms with van der Waals surface area (Å²) in [4.78, 5) is 0. The fourth-order valence-electron chi connectivity index (χ4n) is 2.80. The summed E-state index contributed by atoms with van der Waals surface area (Å²) >= 11 is 0. The maximum atomic E-state index is 3.65. The fourth-order valence-corrected chi connectivity index (χ4v) is 2.80. The summed E-state index contributed by atoms with van der Waals surface area (Å²) in [5.41, 5.74) is 5.48. The van der Waals surface area contributed by atoms with Crippen LogP contribution in [0.15, 0.2) is 48.5 Å². The molecule has 19 heavy (non-hydrogen) atoms. The van der Waals surface area contributed by atoms with Gasteiger partial charge in [-0.15, -0.1) is 0 Å². The van der Waals surface area contributed by atoms with Crippen molar-refractivity contribution in [3.63, 3.8) is 0 Å². The third-order valence-electron chi connectivity index (χ3n) is 4.29. The van der Waals surface area contributed by atoms with E-state index in [0.29, 0.717) is 6.04 Å². The number of hydrogen-bond acceptors (Lipinski definition) is 1. The van der Waals surface area contributed by atoms with Gasteiger partial charge in [0.2, 0.25) is 0 Å². The summed E-state index contributed by atoms with van der Waals surface area (Å²) in [5, 5.41) is 3.65. The lowest BCUT2D eigenvalue weighted by Crippen LogP contribution is -2.33. The van der Waals surface area contributed by atoms with Gasteiger partial charge < -0.3 is 5.32 Å². The highest BCUT2D eigenvalue weighted by Crippen LogP contribution is 2.38. The monoisotopic (exact) mass is 251 g/mol. The lowest BCUT2D eigenvalue weighted by Gasteiger charge is -2.37. The van der Waals surface area contributed by atoms with Crippen LogP contribution in [-0.2, 0) is 0 Å². The molecule has 1 fully saturated rings. The molecule has 0 spiro atoms. The van der Waals surface area contributed by atoms with Crippen LogP contribution in [0.2, 0.25) is 0 Å². The molecule has 1 nitrogen and oxygen atoms in total. The summed E-state index contributed by atoms with van der Waals surface area (Å²) in [6, 6.07) is 18.1. The Balaban J connectivity index is 1.58. The minimum atomic E-state index is 0.632. The Labute approximate surface area is 115 Å². The first-order valence-corrected chi connectivity index (χ1v) is 7.11. The van der Waals surface area contributed by atoms with Crippen LogP contribution in [0.3, 0.4) is 0 Å². The predicted molar refractivity (Wildman–Crippen MR) is 81.7 cm³/mol. The molecule has 0 saturated heterocycles. The van der Waals surface area contributed by atoms with E-state index in [4.69, 9.17) is 0 Å². The van der Waals surface area contributed by atoms with Crippen molar-refractivity contribution in [2.75, 3.05) is 5.32 Å². The highest BCUT2D eigenvalue weighted by molar-refractivity contribution is 5.49. The molecule has 1 heteroatoms. The number of hydrogen-bond donors (Lipinski definition) is 1. The number of nitrogens with one attached hydrogen (secondary N) is 1. The molecular formula is C18H21N. The molecule has 0 amide bonds. The van der Waals surface area contributed by atoms with Gasteiger partial charge in [-0.1, -0.05) is 36.4 Å². The highest BCUT2D eigenvalue weighted by Gasteiger charge is 2.29. The summed E-state index contributed by atoms with van der Waals surface area (Å²) in [7, 11) is 0. The number of anilines is 1.